The van der Waals surface area contributed by atoms with E-state index in [1.54, 1.807) is 6.07 Å². The molecule has 3 aromatic heterocycles. The molecule has 0 amide bonds. The van der Waals surface area contributed by atoms with Crippen molar-refractivity contribution < 1.29 is 9.13 Å². The van der Waals surface area contributed by atoms with Crippen LogP contribution < -0.4 is 10.5 Å². The van der Waals surface area contributed by atoms with Crippen molar-refractivity contribution in [2.24, 2.45) is 5.73 Å². The Balaban J connectivity index is 1.53. The molecule has 0 saturated carbocycles. The Kier molecular flexibility index (Phi) is 4.37. The predicted molar refractivity (Wildman–Crippen MR) is 108 cm³/mol. The molecule has 7 nitrogen and oxygen atoms in total. The molecular weight excluding hydrogens is 371 g/mol. The van der Waals surface area contributed by atoms with Gasteiger partial charge < -0.3 is 10.5 Å². The maximum absolute atomic E-state index is 13.9. The molecule has 0 bridgehead atoms. The summed E-state index contributed by atoms with van der Waals surface area (Å²) in [5, 5.41) is 9.29. The number of nitrogens with two attached hydrogens (primary N) is 1. The second kappa shape index (κ2) is 7.06. The molecular formula is C21H21FN6O. The Morgan fingerprint density at radius 1 is 1.21 bits per heavy atom. The number of ether oxygens (including phenoxy) is 1. The topological polar surface area (TPSA) is 81.6 Å². The molecule has 8 heteroatoms. The molecule has 4 heterocycles. The Bertz CT molecular complexity index is 1210. The van der Waals surface area contributed by atoms with Gasteiger partial charge in [-0.1, -0.05) is 12.1 Å². The van der Waals surface area contributed by atoms with E-state index in [0.29, 0.717) is 22.4 Å². The first-order valence-corrected chi connectivity index (χ1v) is 9.57. The lowest BCUT2D eigenvalue weighted by Crippen LogP contribution is -2.26. The SMILES string of the molecule is COc1cc2nc(-c3nnc4ccc(CN5CCC(N)C5)cn34)ccc2cc1F. The van der Waals surface area contributed by atoms with Crippen LogP contribution in [0.2, 0.25) is 0 Å². The molecule has 2 N–H and O–H groups in total. The van der Waals surface area contributed by atoms with Crippen LogP contribution in [0.4, 0.5) is 4.39 Å². The maximum atomic E-state index is 13.9. The Labute approximate surface area is 166 Å². The van der Waals surface area contributed by atoms with Crippen molar-refractivity contribution in [3.05, 3.63) is 54.0 Å². The molecule has 1 atom stereocenters. The predicted octanol–water partition coefficient (Wildman–Crippen LogP) is 2.63. The summed E-state index contributed by atoms with van der Waals surface area (Å²) in [5.41, 5.74) is 9.24. The highest BCUT2D eigenvalue weighted by molar-refractivity contribution is 5.82. The minimum absolute atomic E-state index is 0.166. The van der Waals surface area contributed by atoms with Crippen molar-refractivity contribution >= 4 is 16.6 Å². The van der Waals surface area contributed by atoms with Crippen LogP contribution in [0.3, 0.4) is 0 Å². The van der Waals surface area contributed by atoms with Crippen molar-refractivity contribution in [3.8, 4) is 17.3 Å². The highest BCUT2D eigenvalue weighted by Crippen LogP contribution is 2.26. The fourth-order valence-electron chi connectivity index (χ4n) is 3.87. The van der Waals surface area contributed by atoms with Crippen molar-refractivity contribution in [3.63, 3.8) is 0 Å². The van der Waals surface area contributed by atoms with Gasteiger partial charge in [0.15, 0.2) is 23.0 Å². The van der Waals surface area contributed by atoms with Gasteiger partial charge in [0.25, 0.3) is 0 Å². The first-order chi connectivity index (χ1) is 14.1. The number of hydrogen-bond donors (Lipinski definition) is 1. The standard InChI is InChI=1S/C21H21FN6O/c1-29-19-9-18-14(8-16(19)22)3-4-17(24-18)21-26-25-20-5-2-13(11-28(20)21)10-27-7-6-15(23)12-27/h2-5,8-9,11,15H,6-7,10,12,23H2,1H3. The normalized spacial score (nSPS) is 17.4. The molecule has 0 radical (unpaired) electrons. The third-order valence-electron chi connectivity index (χ3n) is 5.37. The summed E-state index contributed by atoms with van der Waals surface area (Å²) in [7, 11) is 1.44. The van der Waals surface area contributed by atoms with Crippen LogP contribution in [0.5, 0.6) is 5.75 Å². The number of rotatable bonds is 4. The van der Waals surface area contributed by atoms with Gasteiger partial charge in [-0.25, -0.2) is 9.37 Å². The van der Waals surface area contributed by atoms with Crippen molar-refractivity contribution in [1.29, 1.82) is 0 Å². The molecule has 1 saturated heterocycles. The first-order valence-electron chi connectivity index (χ1n) is 9.57. The van der Waals surface area contributed by atoms with Gasteiger partial charge in [0, 0.05) is 43.3 Å². The molecule has 1 aliphatic heterocycles. The highest BCUT2D eigenvalue weighted by Gasteiger charge is 2.19. The third kappa shape index (κ3) is 3.30. The van der Waals surface area contributed by atoms with Gasteiger partial charge in [-0.05, 0) is 30.2 Å². The van der Waals surface area contributed by atoms with Crippen LogP contribution in [0, 0.1) is 5.82 Å². The van der Waals surface area contributed by atoms with E-state index in [2.05, 4.69) is 26.1 Å². The van der Waals surface area contributed by atoms with Crippen molar-refractivity contribution in [1.82, 2.24) is 24.5 Å². The third-order valence-corrected chi connectivity index (χ3v) is 5.37. The smallest absolute Gasteiger partial charge is 0.187 e. The van der Waals surface area contributed by atoms with Crippen LogP contribution in [-0.4, -0.2) is 50.7 Å². The molecule has 148 valence electrons. The average Bonchev–Trinajstić information content (AvgIpc) is 3.33. The monoisotopic (exact) mass is 392 g/mol. The summed E-state index contributed by atoms with van der Waals surface area (Å²) >= 11 is 0. The Morgan fingerprint density at radius 2 is 2.10 bits per heavy atom. The van der Waals surface area contributed by atoms with Crippen LogP contribution in [0.25, 0.3) is 28.1 Å². The number of likely N-dealkylation sites (tertiary alicyclic amines) is 1. The highest BCUT2D eigenvalue weighted by atomic mass is 19.1. The van der Waals surface area contributed by atoms with Crippen LogP contribution in [-0.2, 0) is 6.54 Å². The zero-order valence-corrected chi connectivity index (χ0v) is 16.0. The lowest BCUT2D eigenvalue weighted by Gasteiger charge is -2.15. The minimum atomic E-state index is -0.409. The van der Waals surface area contributed by atoms with Gasteiger partial charge in [-0.2, -0.15) is 0 Å². The number of aromatic nitrogens is 4. The fraction of sp³-hybridized carbons (Fsp3) is 0.286. The van der Waals surface area contributed by atoms with E-state index < -0.39 is 5.82 Å². The van der Waals surface area contributed by atoms with E-state index in [1.165, 1.54) is 13.2 Å². The summed E-state index contributed by atoms with van der Waals surface area (Å²) in [6.07, 6.45) is 3.08. The number of halogens is 1. The summed E-state index contributed by atoms with van der Waals surface area (Å²) in [6.45, 7) is 2.76. The fourth-order valence-corrected chi connectivity index (χ4v) is 3.87. The van der Waals surface area contributed by atoms with Gasteiger partial charge in [-0.15, -0.1) is 10.2 Å². The molecule has 0 spiro atoms. The van der Waals surface area contributed by atoms with E-state index in [-0.39, 0.29) is 11.8 Å². The Hall–Kier alpha value is -3.10. The lowest BCUT2D eigenvalue weighted by atomic mass is 10.2. The maximum Gasteiger partial charge on any atom is 0.187 e. The van der Waals surface area contributed by atoms with Crippen LogP contribution >= 0.6 is 0 Å². The molecule has 0 aliphatic carbocycles. The molecule has 5 rings (SSSR count). The van der Waals surface area contributed by atoms with E-state index in [9.17, 15) is 4.39 Å². The Morgan fingerprint density at radius 3 is 2.90 bits per heavy atom. The van der Waals surface area contributed by atoms with E-state index in [4.69, 9.17) is 10.5 Å². The van der Waals surface area contributed by atoms with Gasteiger partial charge in [0.1, 0.15) is 5.69 Å². The van der Waals surface area contributed by atoms with Crippen molar-refractivity contribution in [2.75, 3.05) is 20.2 Å². The molecule has 1 unspecified atom stereocenters. The van der Waals surface area contributed by atoms with Gasteiger partial charge in [-0.3, -0.25) is 9.30 Å². The van der Waals surface area contributed by atoms with Gasteiger partial charge in [0.05, 0.1) is 12.6 Å². The van der Waals surface area contributed by atoms with Crippen LogP contribution in [0.1, 0.15) is 12.0 Å². The molecule has 4 aromatic rings. The number of pyridine rings is 2. The van der Waals surface area contributed by atoms with Gasteiger partial charge in [0.2, 0.25) is 0 Å². The number of nitrogens with zero attached hydrogens (tertiary/aromatic N) is 5. The van der Waals surface area contributed by atoms with Crippen molar-refractivity contribution in [2.45, 2.75) is 19.0 Å². The summed E-state index contributed by atoms with van der Waals surface area (Å²) in [5.74, 6) is 0.401. The number of fused-ring (bicyclic) bond motifs is 2. The molecule has 1 fully saturated rings. The number of benzene rings is 1. The van der Waals surface area contributed by atoms with E-state index in [0.717, 1.165) is 37.3 Å². The summed E-state index contributed by atoms with van der Waals surface area (Å²) in [6, 6.07) is 11.0. The second-order valence-corrected chi connectivity index (χ2v) is 7.45. The van der Waals surface area contributed by atoms with Crippen LogP contribution in [0.15, 0.2) is 42.6 Å². The van der Waals surface area contributed by atoms with E-state index in [1.807, 2.05) is 28.8 Å². The molecule has 29 heavy (non-hydrogen) atoms. The largest absolute Gasteiger partial charge is 0.494 e. The average molecular weight is 392 g/mol. The minimum Gasteiger partial charge on any atom is -0.494 e. The number of methoxy groups -OCH3 is 1. The molecule has 1 aromatic carbocycles. The zero-order chi connectivity index (χ0) is 20.0. The number of hydrogen-bond acceptors (Lipinski definition) is 6. The second-order valence-electron chi connectivity index (χ2n) is 7.45. The van der Waals surface area contributed by atoms with E-state index >= 15 is 0 Å². The summed E-state index contributed by atoms with van der Waals surface area (Å²) < 4.78 is 21.0. The molecule has 1 aliphatic rings. The quantitative estimate of drug-likeness (QED) is 0.575. The lowest BCUT2D eigenvalue weighted by molar-refractivity contribution is 0.326. The zero-order valence-electron chi connectivity index (χ0n) is 16.0. The summed E-state index contributed by atoms with van der Waals surface area (Å²) in [4.78, 5) is 7.02. The van der Waals surface area contributed by atoms with Gasteiger partial charge >= 0.3 is 0 Å². The first kappa shape index (κ1) is 18.0.